The average Bonchev–Trinajstić information content (AvgIpc) is 2.39. The molecular formula is C15H25ClO6. The Balaban J connectivity index is 5.41. The molecule has 0 aromatic carbocycles. The number of methoxy groups -OCH3 is 1. The Bertz CT molecular complexity index is 399. The zero-order valence-electron chi connectivity index (χ0n) is 14.0. The summed E-state index contributed by atoms with van der Waals surface area (Å²) in [5.74, 6) is -3.50. The Labute approximate surface area is 136 Å². The van der Waals surface area contributed by atoms with E-state index in [1.807, 2.05) is 13.8 Å². The zero-order chi connectivity index (χ0) is 17.5. The number of alkyl halides is 1. The molecule has 0 aliphatic carbocycles. The van der Waals surface area contributed by atoms with Gasteiger partial charge in [-0.1, -0.05) is 13.8 Å². The molecule has 7 heteroatoms. The van der Waals surface area contributed by atoms with E-state index in [2.05, 4.69) is 4.74 Å². The van der Waals surface area contributed by atoms with Crippen molar-refractivity contribution in [1.29, 1.82) is 0 Å². The van der Waals surface area contributed by atoms with Crippen LogP contribution < -0.4 is 0 Å². The van der Waals surface area contributed by atoms with Crippen LogP contribution in [0.3, 0.4) is 0 Å². The second-order valence-electron chi connectivity index (χ2n) is 6.34. The van der Waals surface area contributed by atoms with Crippen LogP contribution in [-0.4, -0.2) is 42.6 Å². The van der Waals surface area contributed by atoms with Crippen LogP contribution in [0.15, 0.2) is 0 Å². The molecule has 0 unspecified atom stereocenters. The normalized spacial score (nSPS) is 14.2. The van der Waals surface area contributed by atoms with E-state index >= 15 is 0 Å². The minimum absolute atomic E-state index is 0.0828. The average molecular weight is 337 g/mol. The lowest BCUT2D eigenvalue weighted by Gasteiger charge is -2.28. The Hall–Kier alpha value is -1.30. The monoisotopic (exact) mass is 336 g/mol. The minimum atomic E-state index is -1.37. The van der Waals surface area contributed by atoms with E-state index in [1.54, 1.807) is 20.8 Å². The third kappa shape index (κ3) is 7.64. The van der Waals surface area contributed by atoms with Crippen molar-refractivity contribution >= 4 is 29.5 Å². The van der Waals surface area contributed by atoms with Crippen LogP contribution in [-0.2, 0) is 28.6 Å². The fraction of sp³-hybridized carbons (Fsp3) is 0.800. The van der Waals surface area contributed by atoms with E-state index in [4.69, 9.17) is 21.1 Å². The van der Waals surface area contributed by atoms with Gasteiger partial charge < -0.3 is 14.2 Å². The molecule has 0 heterocycles. The van der Waals surface area contributed by atoms with Crippen molar-refractivity contribution in [3.05, 3.63) is 0 Å². The first-order valence-corrected chi connectivity index (χ1v) is 7.61. The molecule has 0 rings (SSSR count). The van der Waals surface area contributed by atoms with Crippen molar-refractivity contribution in [3.8, 4) is 0 Å². The number of esters is 3. The molecule has 0 aromatic rings. The molecule has 0 spiro atoms. The number of carbonyl (C=O) groups is 3. The topological polar surface area (TPSA) is 78.9 Å². The lowest BCUT2D eigenvalue weighted by molar-refractivity contribution is -0.180. The molecule has 0 amide bonds. The van der Waals surface area contributed by atoms with Gasteiger partial charge >= 0.3 is 17.9 Å². The molecule has 0 N–H and O–H groups in total. The van der Waals surface area contributed by atoms with Gasteiger partial charge in [0, 0.05) is 0 Å². The van der Waals surface area contributed by atoms with Crippen molar-refractivity contribution in [2.24, 2.45) is 11.8 Å². The van der Waals surface area contributed by atoms with Crippen molar-refractivity contribution in [1.82, 2.24) is 0 Å². The smallest absolute Gasteiger partial charge is 0.348 e. The maximum absolute atomic E-state index is 12.4. The third-order valence-corrected chi connectivity index (χ3v) is 2.82. The highest BCUT2D eigenvalue weighted by Gasteiger charge is 2.40. The van der Waals surface area contributed by atoms with Crippen LogP contribution in [0, 0.1) is 11.8 Å². The number of hydrogen-bond acceptors (Lipinski definition) is 6. The molecular weight excluding hydrogens is 312 g/mol. The summed E-state index contributed by atoms with van der Waals surface area (Å²) in [5, 5.41) is 0. The largest absolute Gasteiger partial charge is 0.466 e. The van der Waals surface area contributed by atoms with Crippen LogP contribution in [0.1, 0.15) is 41.0 Å². The predicted octanol–water partition coefficient (Wildman–Crippen LogP) is 2.31. The highest BCUT2D eigenvalue weighted by Crippen LogP contribution is 2.24. The first-order valence-electron chi connectivity index (χ1n) is 7.08. The summed E-state index contributed by atoms with van der Waals surface area (Å²) in [6.45, 7) is 8.92. The molecule has 0 aromatic heterocycles. The molecule has 0 aliphatic heterocycles. The van der Waals surface area contributed by atoms with Crippen molar-refractivity contribution in [2.45, 2.75) is 52.7 Å². The highest BCUT2D eigenvalue weighted by molar-refractivity contribution is 6.26. The van der Waals surface area contributed by atoms with Gasteiger partial charge in [0.05, 0.1) is 7.11 Å². The second-order valence-corrected chi connectivity index (χ2v) is 6.60. The molecule has 0 bridgehead atoms. The quantitative estimate of drug-likeness (QED) is 0.403. The number of carbonyl (C=O) groups excluding carboxylic acids is 3. The van der Waals surface area contributed by atoms with Crippen molar-refractivity contribution in [3.63, 3.8) is 0 Å². The van der Waals surface area contributed by atoms with Crippen molar-refractivity contribution in [2.75, 3.05) is 13.0 Å². The molecule has 6 nitrogen and oxygen atoms in total. The number of hydrogen-bond donors (Lipinski definition) is 0. The lowest BCUT2D eigenvalue weighted by Crippen LogP contribution is -2.43. The van der Waals surface area contributed by atoms with Gasteiger partial charge in [0.1, 0.15) is 17.4 Å². The van der Waals surface area contributed by atoms with Crippen molar-refractivity contribution < 1.29 is 28.6 Å². The summed E-state index contributed by atoms with van der Waals surface area (Å²) >= 11 is 5.40. The fourth-order valence-corrected chi connectivity index (χ4v) is 1.88. The number of ether oxygens (including phenoxy) is 3. The summed E-state index contributed by atoms with van der Waals surface area (Å²) in [5.41, 5.74) is -0.719. The Morgan fingerprint density at radius 2 is 1.64 bits per heavy atom. The molecule has 0 fully saturated rings. The second kappa shape index (κ2) is 8.98. The van der Waals surface area contributed by atoms with Gasteiger partial charge in [0.15, 0.2) is 0 Å². The molecule has 0 saturated carbocycles. The molecule has 2 atom stereocenters. The fourth-order valence-electron chi connectivity index (χ4n) is 1.81. The van der Waals surface area contributed by atoms with E-state index in [9.17, 15) is 14.4 Å². The van der Waals surface area contributed by atoms with Crippen LogP contribution in [0.4, 0.5) is 0 Å². The van der Waals surface area contributed by atoms with Gasteiger partial charge in [-0.25, -0.2) is 4.79 Å². The van der Waals surface area contributed by atoms with Gasteiger partial charge in [-0.3, -0.25) is 9.59 Å². The molecule has 128 valence electrons. The summed E-state index contributed by atoms with van der Waals surface area (Å²) in [7, 11) is 1.16. The van der Waals surface area contributed by atoms with E-state index in [0.717, 1.165) is 7.11 Å². The van der Waals surface area contributed by atoms with E-state index in [0.29, 0.717) is 6.42 Å². The number of rotatable bonds is 7. The highest BCUT2D eigenvalue weighted by atomic mass is 35.5. The van der Waals surface area contributed by atoms with Gasteiger partial charge in [-0.2, -0.15) is 0 Å². The Kier molecular flexibility index (Phi) is 8.45. The van der Waals surface area contributed by atoms with Crippen LogP contribution in [0.25, 0.3) is 0 Å². The van der Waals surface area contributed by atoms with Gasteiger partial charge in [-0.05, 0) is 33.1 Å². The summed E-state index contributed by atoms with van der Waals surface area (Å²) in [6.07, 6.45) is -1.06. The van der Waals surface area contributed by atoms with Crippen LogP contribution in [0.5, 0.6) is 0 Å². The lowest BCUT2D eigenvalue weighted by atomic mass is 9.91. The van der Waals surface area contributed by atoms with E-state index in [1.165, 1.54) is 0 Å². The zero-order valence-corrected chi connectivity index (χ0v) is 14.7. The summed E-state index contributed by atoms with van der Waals surface area (Å²) in [4.78, 5) is 35.7. The minimum Gasteiger partial charge on any atom is -0.466 e. The Morgan fingerprint density at radius 1 is 1.09 bits per heavy atom. The summed E-state index contributed by atoms with van der Waals surface area (Å²) in [6, 6.07) is 0. The maximum atomic E-state index is 12.4. The summed E-state index contributed by atoms with van der Waals surface area (Å²) < 4.78 is 15.0. The van der Waals surface area contributed by atoms with Crippen LogP contribution in [0.2, 0.25) is 0 Å². The first-order chi connectivity index (χ1) is 10.0. The SMILES string of the molecule is COC(=O)[C@@H](OC(=O)CCl)[C@H](CC(C)C)C(=O)OC(C)(C)C. The number of halogens is 1. The maximum Gasteiger partial charge on any atom is 0.348 e. The molecule has 0 aliphatic rings. The third-order valence-electron chi connectivity index (χ3n) is 2.60. The molecule has 0 radical (unpaired) electrons. The van der Waals surface area contributed by atoms with Gasteiger partial charge in [-0.15, -0.1) is 11.6 Å². The van der Waals surface area contributed by atoms with Gasteiger partial charge in [0.2, 0.25) is 6.10 Å². The van der Waals surface area contributed by atoms with E-state index < -0.39 is 41.4 Å². The standard InChI is InChI=1S/C15H25ClO6/c1-9(2)7-10(13(18)22-15(3,4)5)12(14(19)20-6)21-11(17)8-16/h9-10,12H,7-8H2,1-6H3/t10-,12-/m0/s1. The molecule has 22 heavy (non-hydrogen) atoms. The van der Waals surface area contributed by atoms with Gasteiger partial charge in [0.25, 0.3) is 0 Å². The predicted molar refractivity (Wildman–Crippen MR) is 81.4 cm³/mol. The van der Waals surface area contributed by atoms with Crippen LogP contribution >= 0.6 is 11.6 Å². The molecule has 0 saturated heterocycles. The Morgan fingerprint density at radius 3 is 2.00 bits per heavy atom. The first kappa shape index (κ1) is 20.7. The van der Waals surface area contributed by atoms with E-state index in [-0.39, 0.29) is 5.92 Å².